The molecule has 0 bridgehead atoms. The van der Waals surface area contributed by atoms with Gasteiger partial charge in [-0.15, -0.1) is 4.72 Å². The lowest BCUT2D eigenvalue weighted by molar-refractivity contribution is 0.0517. The van der Waals surface area contributed by atoms with Gasteiger partial charge in [-0.3, -0.25) is 0 Å². The molecule has 1 aromatic rings. The minimum absolute atomic E-state index is 0.252. The van der Waals surface area contributed by atoms with Crippen LogP contribution in [0.5, 0.6) is 0 Å². The number of piperidine rings is 1. The maximum Gasteiger partial charge on any atom is 0.407 e. The predicted octanol–water partition coefficient (Wildman–Crippen LogP) is 4.68. The van der Waals surface area contributed by atoms with E-state index in [1.165, 1.54) is 12.1 Å². The van der Waals surface area contributed by atoms with Gasteiger partial charge in [-0.25, -0.2) is 9.18 Å². The number of alkyl carbamates (subject to hydrolysis) is 1. The first-order valence-electron chi connectivity index (χ1n) is 11.0. The molecule has 1 aliphatic rings. The molecule has 2 atom stereocenters. The van der Waals surface area contributed by atoms with Gasteiger partial charge in [-0.2, -0.15) is 0 Å². The molecule has 1 amide bonds. The van der Waals surface area contributed by atoms with Crippen LogP contribution in [0, 0.1) is 11.7 Å². The largest absolute Gasteiger partial charge is 0.598 e. The molecule has 0 aliphatic carbocycles. The van der Waals surface area contributed by atoms with E-state index in [0.717, 1.165) is 37.2 Å². The number of carbonyl (C=O) groups is 1. The standard InChI is InChI=1S/C23H38FN3O3S/c1-16(26-31(29)23(5,6)7)19-14-18(24)8-9-20(19)27-12-10-17(11-13-27)15-25-21(28)30-22(2,3)4/h8-9,14,16-17,26H,10-13,15H2,1-7H3,(H,25,28). The normalized spacial score (nSPS) is 17.9. The zero-order valence-electron chi connectivity index (χ0n) is 19.9. The number of nitrogens with one attached hydrogen (secondary N) is 2. The molecule has 31 heavy (non-hydrogen) atoms. The molecule has 1 heterocycles. The summed E-state index contributed by atoms with van der Waals surface area (Å²) < 4.78 is 34.6. The number of amides is 1. The number of benzene rings is 1. The van der Waals surface area contributed by atoms with Crippen molar-refractivity contribution in [2.45, 2.75) is 77.7 Å². The van der Waals surface area contributed by atoms with Crippen molar-refractivity contribution >= 4 is 23.1 Å². The summed E-state index contributed by atoms with van der Waals surface area (Å²) in [4.78, 5) is 14.1. The molecule has 0 radical (unpaired) electrons. The molecule has 1 fully saturated rings. The van der Waals surface area contributed by atoms with E-state index in [2.05, 4.69) is 14.9 Å². The SMILES string of the molecule is CC(N[S+]([O-])C(C)(C)C)c1cc(F)ccc1N1CCC(CNC(=O)OC(C)(C)C)CC1. The van der Waals surface area contributed by atoms with Crippen LogP contribution in [-0.2, 0) is 16.1 Å². The van der Waals surface area contributed by atoms with Gasteiger partial charge in [-0.05, 0) is 91.0 Å². The van der Waals surface area contributed by atoms with Crippen molar-refractivity contribution in [1.29, 1.82) is 0 Å². The van der Waals surface area contributed by atoms with E-state index in [1.54, 1.807) is 0 Å². The molecule has 2 rings (SSSR count). The van der Waals surface area contributed by atoms with Crippen LogP contribution in [0.25, 0.3) is 0 Å². The second-order valence-corrected chi connectivity index (χ2v) is 12.2. The number of hydrogen-bond donors (Lipinski definition) is 2. The Kier molecular flexibility index (Phi) is 8.64. The molecule has 2 N–H and O–H groups in total. The third-order valence-corrected chi connectivity index (χ3v) is 6.87. The van der Waals surface area contributed by atoms with E-state index in [1.807, 2.05) is 54.5 Å². The summed E-state index contributed by atoms with van der Waals surface area (Å²) in [6.07, 6.45) is 1.45. The second kappa shape index (κ2) is 10.4. The lowest BCUT2D eigenvalue weighted by atomic mass is 9.95. The summed E-state index contributed by atoms with van der Waals surface area (Å²) >= 11 is -1.25. The number of anilines is 1. The van der Waals surface area contributed by atoms with Gasteiger partial charge in [0.15, 0.2) is 0 Å². The predicted molar refractivity (Wildman–Crippen MR) is 125 cm³/mol. The first kappa shape index (κ1) is 25.7. The Morgan fingerprint density at radius 3 is 2.42 bits per heavy atom. The number of carbonyl (C=O) groups excluding carboxylic acids is 1. The van der Waals surface area contributed by atoms with Crippen LogP contribution in [-0.4, -0.2) is 40.6 Å². The minimum atomic E-state index is -1.25. The highest BCUT2D eigenvalue weighted by Crippen LogP contribution is 2.32. The lowest BCUT2D eigenvalue weighted by Crippen LogP contribution is -2.42. The van der Waals surface area contributed by atoms with Crippen molar-refractivity contribution in [3.05, 3.63) is 29.6 Å². The fourth-order valence-corrected chi connectivity index (χ4v) is 4.28. The van der Waals surface area contributed by atoms with Gasteiger partial charge in [0.05, 0.1) is 6.04 Å². The minimum Gasteiger partial charge on any atom is -0.598 e. The smallest absolute Gasteiger partial charge is 0.407 e. The third kappa shape index (κ3) is 8.16. The van der Waals surface area contributed by atoms with E-state index in [4.69, 9.17) is 4.74 Å². The molecule has 1 aromatic carbocycles. The van der Waals surface area contributed by atoms with Crippen molar-refractivity contribution in [2.24, 2.45) is 5.92 Å². The van der Waals surface area contributed by atoms with Crippen LogP contribution in [0.2, 0.25) is 0 Å². The quantitative estimate of drug-likeness (QED) is 0.609. The van der Waals surface area contributed by atoms with Gasteiger partial charge in [-0.1, -0.05) is 0 Å². The first-order chi connectivity index (χ1) is 14.3. The average Bonchev–Trinajstić information content (AvgIpc) is 2.64. The third-order valence-electron chi connectivity index (χ3n) is 5.19. The van der Waals surface area contributed by atoms with Crippen LogP contribution < -0.4 is 14.9 Å². The van der Waals surface area contributed by atoms with Crippen molar-refractivity contribution in [3.63, 3.8) is 0 Å². The van der Waals surface area contributed by atoms with Gasteiger partial charge in [0, 0.05) is 36.7 Å². The van der Waals surface area contributed by atoms with Gasteiger partial charge < -0.3 is 19.5 Å². The van der Waals surface area contributed by atoms with E-state index in [-0.39, 0.29) is 18.0 Å². The summed E-state index contributed by atoms with van der Waals surface area (Å²) in [6, 6.07) is 4.56. The molecular formula is C23H38FN3O3S. The molecule has 1 saturated heterocycles. The first-order valence-corrected chi connectivity index (χ1v) is 12.1. The summed E-state index contributed by atoms with van der Waals surface area (Å²) in [5.74, 6) is 0.0713. The molecule has 8 heteroatoms. The van der Waals surface area contributed by atoms with E-state index < -0.39 is 21.7 Å². The summed E-state index contributed by atoms with van der Waals surface area (Å²) in [6.45, 7) is 15.4. The van der Waals surface area contributed by atoms with Gasteiger partial charge >= 0.3 is 6.09 Å². The Labute approximate surface area is 189 Å². The Hall–Kier alpha value is -1.51. The Bertz CT molecular complexity index is 741. The maximum absolute atomic E-state index is 14.0. The van der Waals surface area contributed by atoms with Crippen LogP contribution in [0.1, 0.15) is 72.9 Å². The summed E-state index contributed by atoms with van der Waals surface area (Å²) in [7, 11) is 0. The van der Waals surface area contributed by atoms with Crippen molar-refractivity contribution < 1.29 is 18.5 Å². The summed E-state index contributed by atoms with van der Waals surface area (Å²) in [5, 5.41) is 2.86. The highest BCUT2D eigenvalue weighted by Gasteiger charge is 2.30. The Balaban J connectivity index is 1.98. The van der Waals surface area contributed by atoms with Crippen LogP contribution in [0.4, 0.5) is 14.9 Å². The zero-order chi connectivity index (χ0) is 23.4. The number of rotatable bonds is 6. The lowest BCUT2D eigenvalue weighted by Gasteiger charge is -2.36. The fraction of sp³-hybridized carbons (Fsp3) is 0.696. The van der Waals surface area contributed by atoms with E-state index in [9.17, 15) is 13.7 Å². The van der Waals surface area contributed by atoms with Crippen molar-refractivity contribution in [3.8, 4) is 0 Å². The summed E-state index contributed by atoms with van der Waals surface area (Å²) in [5.41, 5.74) is 1.27. The molecule has 1 aliphatic heterocycles. The number of hydrogen-bond acceptors (Lipinski definition) is 5. The monoisotopic (exact) mass is 455 g/mol. The Morgan fingerprint density at radius 1 is 1.26 bits per heavy atom. The van der Waals surface area contributed by atoms with Gasteiger partial charge in [0.1, 0.15) is 16.2 Å². The van der Waals surface area contributed by atoms with Crippen LogP contribution in [0.3, 0.4) is 0 Å². The van der Waals surface area contributed by atoms with Crippen LogP contribution in [0.15, 0.2) is 18.2 Å². The number of nitrogens with zero attached hydrogens (tertiary/aromatic N) is 1. The molecule has 2 unspecified atom stereocenters. The maximum atomic E-state index is 14.0. The molecular weight excluding hydrogens is 417 g/mol. The van der Waals surface area contributed by atoms with Crippen molar-refractivity contribution in [1.82, 2.24) is 10.0 Å². The number of ether oxygens (including phenoxy) is 1. The zero-order valence-corrected chi connectivity index (χ0v) is 20.7. The molecule has 0 saturated carbocycles. The molecule has 0 spiro atoms. The second-order valence-electron chi connectivity index (χ2n) is 10.2. The van der Waals surface area contributed by atoms with E-state index >= 15 is 0 Å². The van der Waals surface area contributed by atoms with E-state index in [0.29, 0.717) is 12.5 Å². The average molecular weight is 456 g/mol. The topological polar surface area (TPSA) is 76.7 Å². The molecule has 0 aromatic heterocycles. The van der Waals surface area contributed by atoms with Gasteiger partial charge in [0.25, 0.3) is 0 Å². The Morgan fingerprint density at radius 2 is 1.87 bits per heavy atom. The molecule has 6 nitrogen and oxygen atoms in total. The number of halogens is 1. The highest BCUT2D eigenvalue weighted by atomic mass is 32.2. The van der Waals surface area contributed by atoms with Gasteiger partial charge in [0.2, 0.25) is 0 Å². The molecule has 176 valence electrons. The fourth-order valence-electron chi connectivity index (χ4n) is 3.48. The highest BCUT2D eigenvalue weighted by molar-refractivity contribution is 7.90. The van der Waals surface area contributed by atoms with Crippen LogP contribution >= 0.6 is 0 Å². The van der Waals surface area contributed by atoms with Crippen molar-refractivity contribution in [2.75, 3.05) is 24.5 Å².